The number of rotatable bonds is 6. The van der Waals surface area contributed by atoms with Crippen molar-refractivity contribution in [2.45, 2.75) is 33.0 Å². The van der Waals surface area contributed by atoms with Gasteiger partial charge in [0.05, 0.1) is 6.10 Å². The molecule has 2 N–H and O–H groups in total. The lowest BCUT2D eigenvalue weighted by atomic mass is 10.2. The lowest BCUT2D eigenvalue weighted by molar-refractivity contribution is -0.142. The van der Waals surface area contributed by atoms with Gasteiger partial charge in [-0.15, -0.1) is 0 Å². The number of hydrogen-bond donors (Lipinski definition) is 1. The number of amides is 1. The van der Waals surface area contributed by atoms with E-state index in [0.717, 1.165) is 32.7 Å². The quantitative estimate of drug-likeness (QED) is 0.708. The molecule has 5 heteroatoms. The van der Waals surface area contributed by atoms with E-state index in [9.17, 15) is 4.79 Å². The van der Waals surface area contributed by atoms with E-state index in [1.807, 2.05) is 6.92 Å². The molecular formula is C12H25N3O2. The van der Waals surface area contributed by atoms with Crippen molar-refractivity contribution in [2.24, 2.45) is 5.73 Å². The minimum atomic E-state index is -0.449. The Labute approximate surface area is 104 Å². The van der Waals surface area contributed by atoms with Crippen LogP contribution in [0.4, 0.5) is 0 Å². The summed E-state index contributed by atoms with van der Waals surface area (Å²) in [5, 5.41) is 0. The molecule has 1 rings (SSSR count). The Balaban J connectivity index is 2.39. The zero-order valence-electron chi connectivity index (χ0n) is 11.2. The van der Waals surface area contributed by atoms with Gasteiger partial charge in [0, 0.05) is 26.2 Å². The molecule has 0 aromatic carbocycles. The molecule has 0 aromatic heterocycles. The predicted octanol–water partition coefficient (Wildman–Crippen LogP) is -0.0972. The van der Waals surface area contributed by atoms with Crippen LogP contribution in [0.15, 0.2) is 0 Å². The SMILES string of the molecule is CCN(CC)CCN1C[C@@H](C)O[C@@H](C(N)=O)C1. The summed E-state index contributed by atoms with van der Waals surface area (Å²) in [6, 6.07) is 0. The summed E-state index contributed by atoms with van der Waals surface area (Å²) in [5.41, 5.74) is 5.30. The van der Waals surface area contributed by atoms with E-state index in [1.165, 1.54) is 0 Å². The number of carbonyl (C=O) groups is 1. The average Bonchev–Trinajstić information content (AvgIpc) is 2.29. The maximum Gasteiger partial charge on any atom is 0.247 e. The monoisotopic (exact) mass is 243 g/mol. The molecule has 0 radical (unpaired) electrons. The van der Waals surface area contributed by atoms with Crippen LogP contribution in [0.2, 0.25) is 0 Å². The normalized spacial score (nSPS) is 26.4. The summed E-state index contributed by atoms with van der Waals surface area (Å²) in [4.78, 5) is 15.8. The summed E-state index contributed by atoms with van der Waals surface area (Å²) < 4.78 is 5.51. The summed E-state index contributed by atoms with van der Waals surface area (Å²) >= 11 is 0. The maximum absolute atomic E-state index is 11.2. The largest absolute Gasteiger partial charge is 0.367 e. The van der Waals surface area contributed by atoms with Crippen LogP contribution in [0.5, 0.6) is 0 Å². The molecule has 1 aliphatic heterocycles. The molecule has 0 saturated carbocycles. The molecule has 5 nitrogen and oxygen atoms in total. The first kappa shape index (κ1) is 14.4. The van der Waals surface area contributed by atoms with Crippen LogP contribution in [0, 0.1) is 0 Å². The van der Waals surface area contributed by atoms with Crippen LogP contribution in [-0.4, -0.2) is 67.2 Å². The molecule has 1 fully saturated rings. The molecule has 1 saturated heterocycles. The van der Waals surface area contributed by atoms with Gasteiger partial charge in [-0.3, -0.25) is 9.69 Å². The van der Waals surface area contributed by atoms with Crippen molar-refractivity contribution in [1.82, 2.24) is 9.80 Å². The smallest absolute Gasteiger partial charge is 0.247 e. The highest BCUT2D eigenvalue weighted by Gasteiger charge is 2.28. The van der Waals surface area contributed by atoms with E-state index < -0.39 is 6.10 Å². The zero-order chi connectivity index (χ0) is 12.8. The van der Waals surface area contributed by atoms with Crippen molar-refractivity contribution in [3.8, 4) is 0 Å². The molecule has 1 aliphatic rings. The second-order valence-electron chi connectivity index (χ2n) is 4.62. The van der Waals surface area contributed by atoms with Crippen molar-refractivity contribution < 1.29 is 9.53 Å². The number of ether oxygens (including phenoxy) is 1. The van der Waals surface area contributed by atoms with Crippen LogP contribution >= 0.6 is 0 Å². The van der Waals surface area contributed by atoms with Gasteiger partial charge in [0.15, 0.2) is 0 Å². The fourth-order valence-electron chi connectivity index (χ4n) is 2.20. The first-order valence-electron chi connectivity index (χ1n) is 6.46. The number of likely N-dealkylation sites (N-methyl/N-ethyl adjacent to an activating group) is 1. The van der Waals surface area contributed by atoms with Gasteiger partial charge in [-0.2, -0.15) is 0 Å². The Bertz CT molecular complexity index is 244. The van der Waals surface area contributed by atoms with Gasteiger partial charge in [0.1, 0.15) is 6.10 Å². The van der Waals surface area contributed by atoms with Gasteiger partial charge in [-0.05, 0) is 20.0 Å². The zero-order valence-corrected chi connectivity index (χ0v) is 11.2. The van der Waals surface area contributed by atoms with E-state index in [1.54, 1.807) is 0 Å². The second kappa shape index (κ2) is 6.93. The molecule has 0 spiro atoms. The van der Waals surface area contributed by atoms with Crippen molar-refractivity contribution in [1.29, 1.82) is 0 Å². The number of nitrogens with zero attached hydrogens (tertiary/aromatic N) is 2. The fourth-order valence-corrected chi connectivity index (χ4v) is 2.20. The lowest BCUT2D eigenvalue weighted by Gasteiger charge is -2.36. The summed E-state index contributed by atoms with van der Waals surface area (Å²) in [5.74, 6) is -0.357. The minimum absolute atomic E-state index is 0.0814. The van der Waals surface area contributed by atoms with E-state index >= 15 is 0 Å². The van der Waals surface area contributed by atoms with E-state index in [2.05, 4.69) is 23.6 Å². The van der Waals surface area contributed by atoms with Gasteiger partial charge >= 0.3 is 0 Å². The molecule has 1 amide bonds. The van der Waals surface area contributed by atoms with Crippen molar-refractivity contribution in [3.63, 3.8) is 0 Å². The predicted molar refractivity (Wildman–Crippen MR) is 67.8 cm³/mol. The summed E-state index contributed by atoms with van der Waals surface area (Å²) in [6.45, 7) is 12.0. The number of nitrogens with two attached hydrogens (primary N) is 1. The van der Waals surface area contributed by atoms with E-state index in [4.69, 9.17) is 10.5 Å². The highest BCUT2D eigenvalue weighted by atomic mass is 16.5. The summed E-state index contributed by atoms with van der Waals surface area (Å²) in [6.07, 6.45) is -0.367. The molecule has 1 heterocycles. The maximum atomic E-state index is 11.2. The molecule has 0 aliphatic carbocycles. The molecule has 17 heavy (non-hydrogen) atoms. The van der Waals surface area contributed by atoms with Gasteiger partial charge < -0.3 is 15.4 Å². The number of carbonyl (C=O) groups excluding carboxylic acids is 1. The highest BCUT2D eigenvalue weighted by Crippen LogP contribution is 2.10. The Hall–Kier alpha value is -0.650. The first-order chi connectivity index (χ1) is 8.06. The van der Waals surface area contributed by atoms with E-state index in [0.29, 0.717) is 6.54 Å². The van der Waals surface area contributed by atoms with Crippen LogP contribution in [0.1, 0.15) is 20.8 Å². The third-order valence-corrected chi connectivity index (χ3v) is 3.28. The average molecular weight is 243 g/mol. The third-order valence-electron chi connectivity index (χ3n) is 3.28. The van der Waals surface area contributed by atoms with Gasteiger partial charge in [0.25, 0.3) is 0 Å². The molecule has 0 bridgehead atoms. The standard InChI is InChI=1S/C12H25N3O2/c1-4-14(5-2)6-7-15-8-10(3)17-11(9-15)12(13)16/h10-11H,4-9H2,1-3H3,(H2,13,16)/t10-,11-/m1/s1. The van der Waals surface area contributed by atoms with Crippen molar-refractivity contribution >= 4 is 5.91 Å². The molecule has 0 unspecified atom stereocenters. The third kappa shape index (κ3) is 4.61. The Kier molecular flexibility index (Phi) is 5.88. The lowest BCUT2D eigenvalue weighted by Crippen LogP contribution is -2.52. The number of primary amides is 1. The van der Waals surface area contributed by atoms with Crippen molar-refractivity contribution in [3.05, 3.63) is 0 Å². The molecule has 100 valence electrons. The van der Waals surface area contributed by atoms with Crippen LogP contribution in [0.25, 0.3) is 0 Å². The first-order valence-corrected chi connectivity index (χ1v) is 6.46. The highest BCUT2D eigenvalue weighted by molar-refractivity contribution is 5.79. The number of morpholine rings is 1. The van der Waals surface area contributed by atoms with Gasteiger partial charge in [-0.25, -0.2) is 0 Å². The molecular weight excluding hydrogens is 218 g/mol. The minimum Gasteiger partial charge on any atom is -0.367 e. The Morgan fingerprint density at radius 2 is 2.06 bits per heavy atom. The second-order valence-corrected chi connectivity index (χ2v) is 4.62. The summed E-state index contributed by atoms with van der Waals surface area (Å²) in [7, 11) is 0. The van der Waals surface area contributed by atoms with Gasteiger partial charge in [-0.1, -0.05) is 13.8 Å². The van der Waals surface area contributed by atoms with Crippen LogP contribution < -0.4 is 5.73 Å². The van der Waals surface area contributed by atoms with Crippen LogP contribution in [0.3, 0.4) is 0 Å². The topological polar surface area (TPSA) is 58.8 Å². The number of hydrogen-bond acceptors (Lipinski definition) is 4. The van der Waals surface area contributed by atoms with E-state index in [-0.39, 0.29) is 12.0 Å². The Morgan fingerprint density at radius 3 is 2.59 bits per heavy atom. The fraction of sp³-hybridized carbons (Fsp3) is 0.917. The van der Waals surface area contributed by atoms with Gasteiger partial charge in [0.2, 0.25) is 5.91 Å². The van der Waals surface area contributed by atoms with Crippen molar-refractivity contribution in [2.75, 3.05) is 39.3 Å². The molecule has 0 aromatic rings. The Morgan fingerprint density at radius 1 is 1.41 bits per heavy atom. The van der Waals surface area contributed by atoms with Crippen LogP contribution in [-0.2, 0) is 9.53 Å². The molecule has 2 atom stereocenters.